The normalized spacial score (nSPS) is 16.2. The highest BCUT2D eigenvalue weighted by molar-refractivity contribution is 6.33. The van der Waals surface area contributed by atoms with Gasteiger partial charge in [-0.3, -0.25) is 4.79 Å². The van der Waals surface area contributed by atoms with Gasteiger partial charge in [0, 0.05) is 26.0 Å². The van der Waals surface area contributed by atoms with Gasteiger partial charge < -0.3 is 20.3 Å². The number of rotatable bonds is 4. The summed E-state index contributed by atoms with van der Waals surface area (Å²) in [5, 5.41) is 14.1. The van der Waals surface area contributed by atoms with Crippen LogP contribution in [-0.4, -0.2) is 44.5 Å². The first-order valence-corrected chi connectivity index (χ1v) is 10.4. The van der Waals surface area contributed by atoms with Gasteiger partial charge in [-0.25, -0.2) is 14.4 Å². The van der Waals surface area contributed by atoms with E-state index < -0.39 is 5.82 Å². The standard InChI is InChI=1S/C23H19ClFN5O2/c1-30-8-7-13(23(30)32)12-5-6-19(26-10-12)29-17-9-16(20-14(24)3-2-4-15(20)25)28-18-11-27-22(31)21(17)18/h2-6,9-11,13,27,31H,7-8H2,1H3,(H,26,29). The van der Waals surface area contributed by atoms with Crippen molar-refractivity contribution in [2.75, 3.05) is 18.9 Å². The highest BCUT2D eigenvalue weighted by Gasteiger charge is 2.30. The van der Waals surface area contributed by atoms with Gasteiger partial charge in [-0.15, -0.1) is 0 Å². The largest absolute Gasteiger partial charge is 0.494 e. The number of anilines is 2. The van der Waals surface area contributed by atoms with Crippen molar-refractivity contribution in [3.05, 3.63) is 65.2 Å². The van der Waals surface area contributed by atoms with E-state index in [9.17, 15) is 14.3 Å². The number of fused-ring (bicyclic) bond motifs is 1. The summed E-state index contributed by atoms with van der Waals surface area (Å²) in [6, 6.07) is 9.69. The van der Waals surface area contributed by atoms with Crippen LogP contribution in [0, 0.1) is 5.82 Å². The fourth-order valence-corrected chi connectivity index (χ4v) is 4.31. The molecule has 1 aliphatic rings. The van der Waals surface area contributed by atoms with Crippen molar-refractivity contribution in [1.82, 2.24) is 19.9 Å². The summed E-state index contributed by atoms with van der Waals surface area (Å²) >= 11 is 6.23. The van der Waals surface area contributed by atoms with Crippen molar-refractivity contribution >= 4 is 39.9 Å². The Balaban J connectivity index is 1.53. The Morgan fingerprint density at radius 2 is 2.16 bits per heavy atom. The molecule has 3 aromatic heterocycles. The summed E-state index contributed by atoms with van der Waals surface area (Å²) in [4.78, 5) is 25.6. The van der Waals surface area contributed by atoms with Crippen molar-refractivity contribution in [2.45, 2.75) is 12.3 Å². The zero-order chi connectivity index (χ0) is 22.4. The summed E-state index contributed by atoms with van der Waals surface area (Å²) < 4.78 is 14.5. The molecular formula is C23H19ClFN5O2. The van der Waals surface area contributed by atoms with Gasteiger partial charge in [-0.05, 0) is 36.2 Å². The van der Waals surface area contributed by atoms with Crippen molar-refractivity contribution < 1.29 is 14.3 Å². The van der Waals surface area contributed by atoms with E-state index in [2.05, 4.69) is 20.3 Å². The fraction of sp³-hybridized carbons (Fsp3) is 0.174. The number of aromatic nitrogens is 3. The molecule has 0 spiro atoms. The summed E-state index contributed by atoms with van der Waals surface area (Å²) in [7, 11) is 1.79. The highest BCUT2D eigenvalue weighted by atomic mass is 35.5. The highest BCUT2D eigenvalue weighted by Crippen LogP contribution is 2.38. The third-order valence-electron chi connectivity index (χ3n) is 5.73. The number of amides is 1. The first-order chi connectivity index (χ1) is 15.4. The number of aromatic amines is 1. The molecule has 32 heavy (non-hydrogen) atoms. The van der Waals surface area contributed by atoms with E-state index >= 15 is 0 Å². The van der Waals surface area contributed by atoms with Gasteiger partial charge >= 0.3 is 0 Å². The quantitative estimate of drug-likeness (QED) is 0.414. The number of carbonyl (C=O) groups is 1. The third kappa shape index (κ3) is 3.42. The molecule has 0 radical (unpaired) electrons. The van der Waals surface area contributed by atoms with Crippen molar-refractivity contribution in [2.24, 2.45) is 0 Å². The number of pyridine rings is 2. The first-order valence-electron chi connectivity index (χ1n) is 10.1. The molecule has 4 heterocycles. The Bertz CT molecular complexity index is 1320. The monoisotopic (exact) mass is 451 g/mol. The predicted molar refractivity (Wildman–Crippen MR) is 121 cm³/mol. The first kappa shape index (κ1) is 20.3. The lowest BCUT2D eigenvalue weighted by Gasteiger charge is -2.13. The Morgan fingerprint density at radius 1 is 1.31 bits per heavy atom. The summed E-state index contributed by atoms with van der Waals surface area (Å²) in [6.07, 6.45) is 3.97. The van der Waals surface area contributed by atoms with Crippen LogP contribution in [0.5, 0.6) is 5.88 Å². The van der Waals surface area contributed by atoms with Gasteiger partial charge in [0.05, 0.1) is 38.8 Å². The number of carbonyl (C=O) groups excluding carboxylic acids is 1. The number of aromatic hydroxyl groups is 1. The third-order valence-corrected chi connectivity index (χ3v) is 6.04. The molecule has 0 bridgehead atoms. The SMILES string of the molecule is CN1CCC(c2ccc(Nc3cc(-c4c(F)cccc4Cl)nc4c[nH]c(O)c34)nc2)C1=O. The number of hydrogen-bond acceptors (Lipinski definition) is 5. The summed E-state index contributed by atoms with van der Waals surface area (Å²) in [5.41, 5.74) is 2.27. The lowest BCUT2D eigenvalue weighted by Crippen LogP contribution is -2.21. The van der Waals surface area contributed by atoms with Crippen LogP contribution >= 0.6 is 11.6 Å². The Morgan fingerprint density at radius 3 is 2.84 bits per heavy atom. The molecule has 162 valence electrons. The van der Waals surface area contributed by atoms with E-state index in [1.165, 1.54) is 18.3 Å². The van der Waals surface area contributed by atoms with Crippen molar-refractivity contribution in [1.29, 1.82) is 0 Å². The fourth-order valence-electron chi connectivity index (χ4n) is 4.05. The number of halogens is 2. The minimum Gasteiger partial charge on any atom is -0.494 e. The van der Waals surface area contributed by atoms with Crippen molar-refractivity contribution in [3.8, 4) is 17.1 Å². The van der Waals surface area contributed by atoms with Crippen molar-refractivity contribution in [3.63, 3.8) is 0 Å². The van der Waals surface area contributed by atoms with Gasteiger partial charge in [0.2, 0.25) is 5.91 Å². The van der Waals surface area contributed by atoms with Crippen LogP contribution in [0.1, 0.15) is 17.9 Å². The number of H-pyrrole nitrogens is 1. The molecule has 0 saturated carbocycles. The van der Waals surface area contributed by atoms with Crippen LogP contribution in [0.25, 0.3) is 22.2 Å². The molecule has 3 N–H and O–H groups in total. The smallest absolute Gasteiger partial charge is 0.229 e. The minimum atomic E-state index is -0.497. The molecule has 1 aromatic carbocycles. The maximum atomic E-state index is 14.5. The van der Waals surface area contributed by atoms with Gasteiger partial charge in [0.1, 0.15) is 11.6 Å². The molecule has 1 fully saturated rings. The van der Waals surface area contributed by atoms with E-state index in [0.29, 0.717) is 28.1 Å². The van der Waals surface area contributed by atoms with E-state index in [4.69, 9.17) is 11.6 Å². The average molecular weight is 452 g/mol. The molecule has 1 unspecified atom stereocenters. The van der Waals surface area contributed by atoms with Crippen LogP contribution in [0.3, 0.4) is 0 Å². The van der Waals surface area contributed by atoms with E-state index in [0.717, 1.165) is 18.5 Å². The maximum Gasteiger partial charge on any atom is 0.229 e. The van der Waals surface area contributed by atoms with E-state index in [-0.39, 0.29) is 28.3 Å². The zero-order valence-electron chi connectivity index (χ0n) is 17.1. The second-order valence-electron chi connectivity index (χ2n) is 7.75. The molecule has 5 rings (SSSR count). The topological polar surface area (TPSA) is 94.1 Å². The Labute approximate surface area is 187 Å². The molecule has 1 atom stereocenters. The van der Waals surface area contributed by atoms with Gasteiger partial charge in [0.15, 0.2) is 5.88 Å². The predicted octanol–water partition coefficient (Wildman–Crippen LogP) is 4.81. The molecule has 1 saturated heterocycles. The molecule has 0 aliphatic carbocycles. The van der Waals surface area contributed by atoms with Crippen LogP contribution in [0.4, 0.5) is 15.9 Å². The zero-order valence-corrected chi connectivity index (χ0v) is 17.8. The molecule has 1 aliphatic heterocycles. The van der Waals surface area contributed by atoms with Gasteiger partial charge in [-0.2, -0.15) is 0 Å². The molecule has 4 aromatic rings. The number of benzene rings is 1. The Kier molecular flexibility index (Phi) is 4.94. The number of nitrogens with zero attached hydrogens (tertiary/aromatic N) is 3. The number of likely N-dealkylation sites (N-methyl/N-ethyl adjacent to an activating group) is 1. The van der Waals surface area contributed by atoms with Crippen LogP contribution < -0.4 is 5.32 Å². The van der Waals surface area contributed by atoms with Gasteiger partial charge in [0.25, 0.3) is 0 Å². The van der Waals surface area contributed by atoms with Crippen LogP contribution in [0.2, 0.25) is 5.02 Å². The number of nitrogens with one attached hydrogen (secondary N) is 2. The summed E-state index contributed by atoms with van der Waals surface area (Å²) in [5.74, 6) is -0.155. The lowest BCUT2D eigenvalue weighted by atomic mass is 10.00. The molecular weight excluding hydrogens is 433 g/mol. The Hall–Kier alpha value is -3.65. The average Bonchev–Trinajstić information content (AvgIpc) is 3.31. The number of hydrogen-bond donors (Lipinski definition) is 3. The minimum absolute atomic E-state index is 0.0719. The van der Waals surface area contributed by atoms with Crippen LogP contribution in [-0.2, 0) is 4.79 Å². The second kappa shape index (κ2) is 7.80. The van der Waals surface area contributed by atoms with Crippen LogP contribution in [0.15, 0.2) is 48.8 Å². The van der Waals surface area contributed by atoms with E-state index in [1.54, 1.807) is 36.3 Å². The van der Waals surface area contributed by atoms with E-state index in [1.807, 2.05) is 6.07 Å². The molecule has 1 amide bonds. The van der Waals surface area contributed by atoms with Gasteiger partial charge in [-0.1, -0.05) is 23.7 Å². The lowest BCUT2D eigenvalue weighted by molar-refractivity contribution is -0.127. The summed E-state index contributed by atoms with van der Waals surface area (Å²) in [6.45, 7) is 0.729. The molecule has 7 nitrogen and oxygen atoms in total. The second-order valence-corrected chi connectivity index (χ2v) is 8.16. The number of likely N-dealkylation sites (tertiary alicyclic amines) is 1. The molecule has 9 heteroatoms. The maximum absolute atomic E-state index is 14.5.